The van der Waals surface area contributed by atoms with Crippen molar-refractivity contribution < 1.29 is 64.6 Å². The summed E-state index contributed by atoms with van der Waals surface area (Å²) >= 11 is 0. The number of aliphatic hydroxyl groups is 8. The van der Waals surface area contributed by atoms with E-state index in [4.69, 9.17) is 18.9 Å². The standard InChI is InChI=1S/C60H101NO13/c1-3-5-7-9-11-13-15-17-18-19-20-21-22-23-24-25-26-27-28-29-30-32-34-36-38-40-42-44-52(65)61-48(49(64)43-41-39-37-35-33-31-16-14-12-10-8-6-4-2)47-71-59-57(70)55(68)58(51(46-63)73-59)74-60-56(69)54(67)53(66)50(45-62)72-60/h5,7,11,13,17-18,20-21,23-24,26-27,29-30,41,43,48-51,53-60,62-64,66-70H,3-4,6,8-10,12,14-16,19,22,25,28,31-40,42,44-47H2,1-2H3,(H,61,65)/b7-5-,13-11-,18-17-,21-20-,24-23-,27-26-,30-29-,43-41+. The van der Waals surface area contributed by atoms with Crippen LogP contribution in [0.4, 0.5) is 0 Å². The fraction of sp³-hybridized carbons (Fsp3) is 0.717. The molecular formula is C60H101NO13. The minimum Gasteiger partial charge on any atom is -0.394 e. The van der Waals surface area contributed by atoms with Crippen LogP contribution >= 0.6 is 0 Å². The minimum absolute atomic E-state index is 0.252. The molecule has 2 saturated heterocycles. The Balaban J connectivity index is 1.77. The average Bonchev–Trinajstić information content (AvgIpc) is 3.40. The van der Waals surface area contributed by atoms with Crippen LogP contribution in [0, 0.1) is 0 Å². The molecule has 2 rings (SSSR count). The van der Waals surface area contributed by atoms with Gasteiger partial charge in [0.1, 0.15) is 48.8 Å². The summed E-state index contributed by atoms with van der Waals surface area (Å²) in [5, 5.41) is 86.9. The first-order valence-electron chi connectivity index (χ1n) is 28.5. The van der Waals surface area contributed by atoms with Crippen LogP contribution < -0.4 is 5.32 Å². The van der Waals surface area contributed by atoms with E-state index >= 15 is 0 Å². The topological polar surface area (TPSA) is 228 Å². The van der Waals surface area contributed by atoms with Gasteiger partial charge in [0.05, 0.1) is 32.0 Å². The van der Waals surface area contributed by atoms with Gasteiger partial charge in [0.25, 0.3) is 0 Å². The lowest BCUT2D eigenvalue weighted by Crippen LogP contribution is -2.65. The maximum Gasteiger partial charge on any atom is 0.220 e. The van der Waals surface area contributed by atoms with E-state index in [0.29, 0.717) is 6.42 Å². The van der Waals surface area contributed by atoms with Crippen LogP contribution in [0.1, 0.15) is 181 Å². The first kappa shape index (κ1) is 67.0. The molecule has 0 radical (unpaired) electrons. The number of hydrogen-bond acceptors (Lipinski definition) is 13. The Kier molecular flexibility index (Phi) is 40.7. The Morgan fingerprint density at radius 2 is 0.932 bits per heavy atom. The summed E-state index contributed by atoms with van der Waals surface area (Å²) in [6.07, 6.45) is 44.4. The van der Waals surface area contributed by atoms with Crippen LogP contribution in [-0.2, 0) is 23.7 Å². The molecule has 12 atom stereocenters. The van der Waals surface area contributed by atoms with E-state index in [1.807, 2.05) is 6.08 Å². The van der Waals surface area contributed by atoms with Crippen molar-refractivity contribution >= 4 is 5.91 Å². The zero-order valence-corrected chi connectivity index (χ0v) is 45.3. The maximum atomic E-state index is 13.2. The predicted molar refractivity (Wildman–Crippen MR) is 295 cm³/mol. The van der Waals surface area contributed by atoms with Gasteiger partial charge in [-0.05, 0) is 77.0 Å². The number of amides is 1. The number of allylic oxidation sites excluding steroid dienone is 15. The molecule has 0 aromatic carbocycles. The van der Waals surface area contributed by atoms with E-state index in [1.165, 1.54) is 57.8 Å². The Hall–Kier alpha value is -3.09. The first-order valence-corrected chi connectivity index (χ1v) is 28.5. The van der Waals surface area contributed by atoms with Crippen molar-refractivity contribution in [3.63, 3.8) is 0 Å². The number of carbonyl (C=O) groups excluding carboxylic acids is 1. The molecule has 0 bridgehead atoms. The molecule has 74 heavy (non-hydrogen) atoms. The van der Waals surface area contributed by atoms with E-state index in [0.717, 1.165) is 96.3 Å². The number of ether oxygens (including phenoxy) is 4. The highest BCUT2D eigenvalue weighted by Crippen LogP contribution is 2.30. The van der Waals surface area contributed by atoms with Crippen molar-refractivity contribution in [3.8, 4) is 0 Å². The van der Waals surface area contributed by atoms with Gasteiger partial charge in [0, 0.05) is 6.42 Å². The molecule has 14 nitrogen and oxygen atoms in total. The van der Waals surface area contributed by atoms with Crippen molar-refractivity contribution in [1.29, 1.82) is 0 Å². The molecule has 2 aliphatic heterocycles. The van der Waals surface area contributed by atoms with Gasteiger partial charge in [0.2, 0.25) is 5.91 Å². The van der Waals surface area contributed by atoms with Crippen molar-refractivity contribution in [1.82, 2.24) is 5.32 Å². The molecule has 2 fully saturated rings. The van der Waals surface area contributed by atoms with Gasteiger partial charge in [-0.1, -0.05) is 195 Å². The molecule has 0 aromatic rings. The van der Waals surface area contributed by atoms with Crippen LogP contribution in [0.15, 0.2) is 97.2 Å². The number of carbonyl (C=O) groups is 1. The van der Waals surface area contributed by atoms with Gasteiger partial charge in [-0.15, -0.1) is 0 Å². The van der Waals surface area contributed by atoms with Gasteiger partial charge >= 0.3 is 0 Å². The van der Waals surface area contributed by atoms with Gasteiger partial charge < -0.3 is 65.1 Å². The highest BCUT2D eigenvalue weighted by Gasteiger charge is 2.51. The normalized spacial score (nSPS) is 26.0. The number of hydrogen-bond donors (Lipinski definition) is 9. The van der Waals surface area contributed by atoms with Crippen molar-refractivity contribution in [2.45, 2.75) is 254 Å². The number of rotatable bonds is 43. The van der Waals surface area contributed by atoms with Crippen LogP contribution in [-0.4, -0.2) is 140 Å². The first-order chi connectivity index (χ1) is 36.1. The Labute approximate surface area is 445 Å². The molecule has 0 saturated carbocycles. The molecule has 0 aliphatic carbocycles. The lowest BCUT2D eigenvalue weighted by Gasteiger charge is -2.46. The summed E-state index contributed by atoms with van der Waals surface area (Å²) < 4.78 is 22.7. The van der Waals surface area contributed by atoms with Gasteiger partial charge in [-0.3, -0.25) is 4.79 Å². The Bertz CT molecular complexity index is 1610. The molecule has 424 valence electrons. The van der Waals surface area contributed by atoms with E-state index < -0.39 is 86.8 Å². The quantitative estimate of drug-likeness (QED) is 0.0205. The van der Waals surface area contributed by atoms with Gasteiger partial charge in [0.15, 0.2) is 12.6 Å². The second-order valence-corrected chi connectivity index (χ2v) is 19.7. The second-order valence-electron chi connectivity index (χ2n) is 19.7. The smallest absolute Gasteiger partial charge is 0.220 e. The Morgan fingerprint density at radius 3 is 1.43 bits per heavy atom. The third-order valence-corrected chi connectivity index (χ3v) is 13.3. The second kappa shape index (κ2) is 45.0. The van der Waals surface area contributed by atoms with Crippen molar-refractivity contribution in [2.24, 2.45) is 0 Å². The molecule has 2 aliphatic rings. The number of unbranched alkanes of at least 4 members (excludes halogenated alkanes) is 16. The van der Waals surface area contributed by atoms with Gasteiger partial charge in [-0.2, -0.15) is 0 Å². The number of nitrogens with one attached hydrogen (secondary N) is 1. The van der Waals surface area contributed by atoms with Crippen LogP contribution in [0.5, 0.6) is 0 Å². The molecule has 1 amide bonds. The van der Waals surface area contributed by atoms with E-state index in [-0.39, 0.29) is 18.9 Å². The molecule has 14 heteroatoms. The van der Waals surface area contributed by atoms with Crippen LogP contribution in [0.25, 0.3) is 0 Å². The zero-order valence-electron chi connectivity index (χ0n) is 45.3. The SMILES string of the molecule is CC/C=C\C/C=C\C/C=C\C/C=C\C/C=C\C/C=C\C/C=C\CCCCCCCC(=O)NC(COC1OC(CO)C(OC2OC(CO)C(O)C(O)C2O)C(O)C1O)C(O)/C=C/CCCCCCCCCCCCC. The molecule has 2 heterocycles. The lowest BCUT2D eigenvalue weighted by molar-refractivity contribution is -0.359. The highest BCUT2D eigenvalue weighted by atomic mass is 16.7. The average molecular weight is 1040 g/mol. The van der Waals surface area contributed by atoms with Gasteiger partial charge in [-0.25, -0.2) is 0 Å². The number of aliphatic hydroxyl groups excluding tert-OH is 8. The summed E-state index contributed by atoms with van der Waals surface area (Å²) in [4.78, 5) is 13.2. The summed E-state index contributed by atoms with van der Waals surface area (Å²) in [6.45, 7) is 2.64. The molecule has 0 aromatic heterocycles. The summed E-state index contributed by atoms with van der Waals surface area (Å²) in [7, 11) is 0. The van der Waals surface area contributed by atoms with E-state index in [2.05, 4.69) is 104 Å². The van der Waals surface area contributed by atoms with Crippen molar-refractivity contribution in [3.05, 3.63) is 97.2 Å². The third-order valence-electron chi connectivity index (χ3n) is 13.3. The summed E-state index contributed by atoms with van der Waals surface area (Å²) in [6, 6.07) is -0.931. The van der Waals surface area contributed by atoms with E-state index in [1.54, 1.807) is 6.08 Å². The minimum atomic E-state index is -1.79. The maximum absolute atomic E-state index is 13.2. The fourth-order valence-electron chi connectivity index (χ4n) is 8.68. The monoisotopic (exact) mass is 1040 g/mol. The molecular weight excluding hydrogens is 943 g/mol. The largest absolute Gasteiger partial charge is 0.394 e. The fourth-order valence-corrected chi connectivity index (χ4v) is 8.68. The zero-order chi connectivity index (χ0) is 53.9. The van der Waals surface area contributed by atoms with Crippen LogP contribution in [0.3, 0.4) is 0 Å². The lowest BCUT2D eigenvalue weighted by atomic mass is 9.97. The molecule has 0 spiro atoms. The highest BCUT2D eigenvalue weighted by molar-refractivity contribution is 5.76. The summed E-state index contributed by atoms with van der Waals surface area (Å²) in [5.74, 6) is -0.264. The molecule has 9 N–H and O–H groups in total. The third kappa shape index (κ3) is 30.6. The molecule has 12 unspecified atom stereocenters. The van der Waals surface area contributed by atoms with Crippen LogP contribution in [0.2, 0.25) is 0 Å². The Morgan fingerprint density at radius 1 is 0.500 bits per heavy atom. The summed E-state index contributed by atoms with van der Waals surface area (Å²) in [5.41, 5.74) is 0. The van der Waals surface area contributed by atoms with E-state index in [9.17, 15) is 45.6 Å². The predicted octanol–water partition coefficient (Wildman–Crippen LogP) is 9.10. The van der Waals surface area contributed by atoms with Crippen molar-refractivity contribution in [2.75, 3.05) is 19.8 Å².